The van der Waals surface area contributed by atoms with E-state index in [0.717, 1.165) is 42.6 Å². The fourth-order valence-electron chi connectivity index (χ4n) is 4.83. The van der Waals surface area contributed by atoms with Crippen LogP contribution in [0.2, 0.25) is 0 Å². The second-order valence-corrected chi connectivity index (χ2v) is 11.3. The lowest BCUT2D eigenvalue weighted by Crippen LogP contribution is -2.20. The van der Waals surface area contributed by atoms with Gasteiger partial charge in [0.15, 0.2) is 5.13 Å². The molecule has 0 aromatic carbocycles. The normalized spacial score (nSPS) is 18.8. The number of hydrogen-bond acceptors (Lipinski definition) is 8. The van der Waals surface area contributed by atoms with Crippen molar-refractivity contribution in [2.24, 2.45) is 5.92 Å². The van der Waals surface area contributed by atoms with Crippen molar-refractivity contribution in [3.05, 3.63) is 37.2 Å². The minimum absolute atomic E-state index is 0.00558. The maximum Gasteiger partial charge on any atom is 0.309 e. The Hall–Kier alpha value is -2.73. The lowest BCUT2D eigenvalue weighted by Gasteiger charge is -2.14. The third kappa shape index (κ3) is 4.93. The molecule has 0 bridgehead atoms. The van der Waals surface area contributed by atoms with Gasteiger partial charge in [0, 0.05) is 29.0 Å². The molecule has 0 saturated heterocycles. The Kier molecular flexibility index (Phi) is 6.90. The largest absolute Gasteiger partial charge is 0.466 e. The van der Waals surface area contributed by atoms with Gasteiger partial charge in [0.25, 0.3) is 11.5 Å². The fraction of sp³-hybridized carbons (Fsp3) is 0.542. The highest BCUT2D eigenvalue weighted by molar-refractivity contribution is 7.18. The minimum atomic E-state index is -3.19. The van der Waals surface area contributed by atoms with E-state index in [0.29, 0.717) is 16.0 Å². The first kappa shape index (κ1) is 24.9. The van der Waals surface area contributed by atoms with Gasteiger partial charge < -0.3 is 15.0 Å². The summed E-state index contributed by atoms with van der Waals surface area (Å²) >= 11 is 2.50. The van der Waals surface area contributed by atoms with E-state index in [1.807, 2.05) is 0 Å². The van der Waals surface area contributed by atoms with Gasteiger partial charge in [-0.3, -0.25) is 14.4 Å². The summed E-state index contributed by atoms with van der Waals surface area (Å²) in [6, 6.07) is 0. The van der Waals surface area contributed by atoms with Crippen LogP contribution in [0.4, 0.5) is 13.9 Å². The summed E-state index contributed by atoms with van der Waals surface area (Å²) in [6.07, 6.45) is 3.85. The van der Waals surface area contributed by atoms with Crippen molar-refractivity contribution < 1.29 is 23.1 Å². The number of fused-ring (bicyclic) bond motifs is 4. The van der Waals surface area contributed by atoms with Crippen LogP contribution in [0, 0.1) is 5.92 Å². The molecule has 1 atom stereocenters. The van der Waals surface area contributed by atoms with Gasteiger partial charge in [-0.25, -0.2) is 9.97 Å². The number of carbonyl (C=O) groups excluding carboxylic acids is 2. The van der Waals surface area contributed by atoms with Gasteiger partial charge in [-0.2, -0.15) is 8.78 Å². The van der Waals surface area contributed by atoms with Crippen molar-refractivity contribution in [1.82, 2.24) is 15.0 Å². The number of anilines is 1. The molecule has 192 valence electrons. The Balaban J connectivity index is 1.27. The summed E-state index contributed by atoms with van der Waals surface area (Å²) < 4.78 is 34.4. The van der Waals surface area contributed by atoms with E-state index in [4.69, 9.17) is 4.74 Å². The van der Waals surface area contributed by atoms with Crippen LogP contribution in [0.3, 0.4) is 0 Å². The zero-order valence-corrected chi connectivity index (χ0v) is 21.4. The van der Waals surface area contributed by atoms with Crippen molar-refractivity contribution in [1.29, 1.82) is 0 Å². The fourth-order valence-corrected chi connectivity index (χ4v) is 7.22. The molecule has 0 saturated carbocycles. The van der Waals surface area contributed by atoms with Crippen LogP contribution < -0.4 is 10.9 Å². The second-order valence-electron chi connectivity index (χ2n) is 9.14. The number of thiazole rings is 1. The second kappa shape index (κ2) is 9.97. The number of carbonyl (C=O) groups is 2. The molecule has 0 fully saturated rings. The van der Waals surface area contributed by atoms with Crippen LogP contribution in [-0.4, -0.2) is 33.4 Å². The first-order valence-corrected chi connectivity index (χ1v) is 13.8. The zero-order chi connectivity index (χ0) is 25.4. The number of alkyl halides is 2. The van der Waals surface area contributed by atoms with Crippen LogP contribution >= 0.6 is 22.7 Å². The molecule has 2 N–H and O–H groups in total. The zero-order valence-electron chi connectivity index (χ0n) is 19.7. The van der Waals surface area contributed by atoms with Gasteiger partial charge >= 0.3 is 5.97 Å². The molecular weight excluding hydrogens is 510 g/mol. The predicted octanol–water partition coefficient (Wildman–Crippen LogP) is 4.50. The van der Waals surface area contributed by atoms with E-state index in [9.17, 15) is 23.2 Å². The van der Waals surface area contributed by atoms with Crippen molar-refractivity contribution in [3.63, 3.8) is 0 Å². The van der Waals surface area contributed by atoms with Gasteiger partial charge in [0.1, 0.15) is 16.3 Å². The van der Waals surface area contributed by atoms with E-state index >= 15 is 0 Å². The van der Waals surface area contributed by atoms with Gasteiger partial charge in [0.05, 0.1) is 17.9 Å². The van der Waals surface area contributed by atoms with Gasteiger partial charge in [-0.1, -0.05) is 0 Å². The summed E-state index contributed by atoms with van der Waals surface area (Å²) in [5.74, 6) is -4.35. The summed E-state index contributed by atoms with van der Waals surface area (Å²) in [5, 5.41) is 3.32. The maximum absolute atomic E-state index is 14.7. The number of nitrogens with zero attached hydrogens (tertiary/aromatic N) is 2. The number of thiophene rings is 1. The average Bonchev–Trinajstić information content (AvgIpc) is 3.38. The number of halogens is 2. The molecule has 0 radical (unpaired) electrons. The molecule has 0 aliphatic heterocycles. The highest BCUT2D eigenvalue weighted by Crippen LogP contribution is 2.43. The number of aromatic amines is 1. The van der Waals surface area contributed by atoms with Crippen LogP contribution in [0.25, 0.3) is 10.2 Å². The summed E-state index contributed by atoms with van der Waals surface area (Å²) in [4.78, 5) is 51.0. The number of rotatable bonds is 6. The monoisotopic (exact) mass is 536 g/mol. The summed E-state index contributed by atoms with van der Waals surface area (Å²) in [6.45, 7) is 1.86. The molecule has 12 heteroatoms. The lowest BCUT2D eigenvalue weighted by molar-refractivity contribution is -0.148. The quantitative estimate of drug-likeness (QED) is 0.354. The molecule has 3 aromatic heterocycles. The van der Waals surface area contributed by atoms with Crippen LogP contribution in [0.15, 0.2) is 4.79 Å². The predicted molar refractivity (Wildman–Crippen MR) is 133 cm³/mol. The Morgan fingerprint density at radius 1 is 1.19 bits per heavy atom. The molecule has 1 amide bonds. The third-order valence-corrected chi connectivity index (χ3v) is 8.79. The lowest BCUT2D eigenvalue weighted by atomic mass is 9.97. The number of aromatic nitrogens is 3. The standard InChI is InChI=1S/C24H26F2N4O4S2/c1-2-34-22(33)12-9-10-24(25,26)19-15(11-12)36-23(30-19)29-17(31)8-7-16-27-20(32)18-13-5-3-4-6-14(13)35-21(18)28-16/h12H,2-11H2,1H3,(H,27,28,32)(H,29,30,31). The average molecular weight is 537 g/mol. The Morgan fingerprint density at radius 2 is 2.00 bits per heavy atom. The van der Waals surface area contributed by atoms with Gasteiger partial charge in [-0.15, -0.1) is 22.7 Å². The van der Waals surface area contributed by atoms with Crippen molar-refractivity contribution >= 4 is 49.9 Å². The smallest absolute Gasteiger partial charge is 0.309 e. The number of amides is 1. The number of hydrogen-bond donors (Lipinski definition) is 2. The highest BCUT2D eigenvalue weighted by Gasteiger charge is 2.42. The molecule has 3 aromatic rings. The van der Waals surface area contributed by atoms with E-state index in [2.05, 4.69) is 20.3 Å². The van der Waals surface area contributed by atoms with E-state index in [1.54, 1.807) is 18.3 Å². The SMILES string of the molecule is CCOC(=O)C1CCC(F)(F)c2nc(NC(=O)CCc3nc4sc5c(c4c(=O)[nH]3)CCCC5)sc2C1. The van der Waals surface area contributed by atoms with Crippen LogP contribution in [0.5, 0.6) is 0 Å². The number of aryl methyl sites for hydroxylation is 3. The first-order valence-electron chi connectivity index (χ1n) is 12.1. The Morgan fingerprint density at radius 3 is 2.81 bits per heavy atom. The number of nitrogens with one attached hydrogen (secondary N) is 2. The Bertz CT molecular complexity index is 1380. The van der Waals surface area contributed by atoms with Gasteiger partial charge in [-0.05, 0) is 51.0 Å². The maximum atomic E-state index is 14.7. The molecule has 8 nitrogen and oxygen atoms in total. The van der Waals surface area contributed by atoms with Crippen molar-refractivity contribution in [2.75, 3.05) is 11.9 Å². The molecule has 36 heavy (non-hydrogen) atoms. The summed E-state index contributed by atoms with van der Waals surface area (Å²) in [7, 11) is 0. The van der Waals surface area contributed by atoms with Crippen LogP contribution in [0.1, 0.15) is 65.9 Å². The van der Waals surface area contributed by atoms with Gasteiger partial charge in [0.2, 0.25) is 5.91 Å². The molecular formula is C24H26F2N4O4S2. The third-order valence-electron chi connectivity index (χ3n) is 6.61. The van der Waals surface area contributed by atoms with E-state index in [1.165, 1.54) is 4.88 Å². The van der Waals surface area contributed by atoms with Crippen molar-refractivity contribution in [2.45, 2.75) is 70.6 Å². The first-order chi connectivity index (χ1) is 17.2. The number of ether oxygens (including phenoxy) is 1. The van der Waals surface area contributed by atoms with Crippen molar-refractivity contribution in [3.8, 4) is 0 Å². The van der Waals surface area contributed by atoms with Crippen LogP contribution in [-0.2, 0) is 45.9 Å². The molecule has 3 heterocycles. The minimum Gasteiger partial charge on any atom is -0.466 e. The van der Waals surface area contributed by atoms with E-state index < -0.39 is 30.1 Å². The molecule has 5 rings (SSSR count). The molecule has 2 aliphatic rings. The topological polar surface area (TPSA) is 114 Å². The molecule has 1 unspecified atom stereocenters. The molecule has 2 aliphatic carbocycles. The van der Waals surface area contributed by atoms with E-state index in [-0.39, 0.29) is 53.6 Å². The number of esters is 1. The highest BCUT2D eigenvalue weighted by atomic mass is 32.1. The number of H-pyrrole nitrogens is 1. The summed E-state index contributed by atoms with van der Waals surface area (Å²) in [5.41, 5.74) is 0.536. The Labute approximate surface area is 213 Å². The molecule has 0 spiro atoms.